The Labute approximate surface area is 132 Å². The molecule has 2 aromatic rings. The average Bonchev–Trinajstić information content (AvgIpc) is 2.43. The molecule has 112 valence electrons. The first kappa shape index (κ1) is 16.1. The van der Waals surface area contributed by atoms with Crippen LogP contribution in [-0.4, -0.2) is 6.54 Å². The summed E-state index contributed by atoms with van der Waals surface area (Å²) >= 11 is 3.14. The maximum absolute atomic E-state index is 14.5. The number of halogens is 3. The van der Waals surface area contributed by atoms with Crippen molar-refractivity contribution in [3.63, 3.8) is 0 Å². The van der Waals surface area contributed by atoms with Gasteiger partial charge in [-0.25, -0.2) is 8.78 Å². The van der Waals surface area contributed by atoms with E-state index in [4.69, 9.17) is 0 Å². The van der Waals surface area contributed by atoms with Crippen LogP contribution in [0.5, 0.6) is 0 Å². The van der Waals surface area contributed by atoms with Gasteiger partial charge in [0.1, 0.15) is 11.6 Å². The fourth-order valence-electron chi connectivity index (χ4n) is 2.64. The molecule has 1 atom stereocenters. The molecule has 0 aliphatic rings. The number of nitrogens with one attached hydrogen (secondary N) is 1. The standard InChI is InChI=1S/C17H18BrF2N/c1-4-21-17(14-10(2)6-5-7-11(14)3)15-13(19)9-8-12(18)16(15)20/h5-9,17,21H,4H2,1-3H3. The molecule has 0 aliphatic carbocycles. The molecule has 1 N–H and O–H groups in total. The van der Waals surface area contributed by atoms with E-state index in [1.54, 1.807) is 0 Å². The van der Waals surface area contributed by atoms with E-state index in [0.717, 1.165) is 16.7 Å². The van der Waals surface area contributed by atoms with Crippen molar-refractivity contribution < 1.29 is 8.78 Å². The van der Waals surface area contributed by atoms with Gasteiger partial charge in [-0.3, -0.25) is 0 Å². The Morgan fingerprint density at radius 3 is 2.24 bits per heavy atom. The third-order valence-electron chi connectivity index (χ3n) is 3.61. The van der Waals surface area contributed by atoms with Crippen LogP contribution in [0.2, 0.25) is 0 Å². The summed E-state index contributed by atoms with van der Waals surface area (Å²) in [5.74, 6) is -1.09. The quantitative estimate of drug-likeness (QED) is 0.759. The Hall–Kier alpha value is -1.26. The smallest absolute Gasteiger partial charge is 0.145 e. The Bertz CT molecular complexity index is 635. The Morgan fingerprint density at radius 2 is 1.67 bits per heavy atom. The molecular weight excluding hydrogens is 336 g/mol. The molecule has 1 unspecified atom stereocenters. The number of hydrogen-bond acceptors (Lipinski definition) is 1. The van der Waals surface area contributed by atoms with E-state index in [1.807, 2.05) is 39.0 Å². The summed E-state index contributed by atoms with van der Waals surface area (Å²) in [6.07, 6.45) is 0. The SMILES string of the molecule is CCNC(c1c(C)cccc1C)c1c(F)ccc(Br)c1F. The zero-order chi connectivity index (χ0) is 15.6. The second-order valence-electron chi connectivity index (χ2n) is 5.05. The molecule has 0 saturated heterocycles. The first-order chi connectivity index (χ1) is 9.97. The van der Waals surface area contributed by atoms with Gasteiger partial charge in [0.15, 0.2) is 0 Å². The largest absolute Gasteiger partial charge is 0.306 e. The van der Waals surface area contributed by atoms with Gasteiger partial charge < -0.3 is 5.32 Å². The van der Waals surface area contributed by atoms with Crippen molar-refractivity contribution in [2.24, 2.45) is 0 Å². The van der Waals surface area contributed by atoms with Crippen LogP contribution in [0.3, 0.4) is 0 Å². The molecule has 0 spiro atoms. The average molecular weight is 354 g/mol. The van der Waals surface area contributed by atoms with Crippen molar-refractivity contribution in [3.8, 4) is 0 Å². The molecule has 21 heavy (non-hydrogen) atoms. The molecule has 0 amide bonds. The first-order valence-corrected chi connectivity index (χ1v) is 7.69. The highest BCUT2D eigenvalue weighted by molar-refractivity contribution is 9.10. The van der Waals surface area contributed by atoms with Crippen molar-refractivity contribution in [1.29, 1.82) is 0 Å². The molecule has 0 bridgehead atoms. The van der Waals surface area contributed by atoms with Gasteiger partial charge in [-0.15, -0.1) is 0 Å². The Kier molecular flexibility index (Phi) is 5.12. The van der Waals surface area contributed by atoms with Crippen LogP contribution in [0.25, 0.3) is 0 Å². The zero-order valence-corrected chi connectivity index (χ0v) is 13.9. The monoisotopic (exact) mass is 353 g/mol. The van der Waals surface area contributed by atoms with Crippen LogP contribution in [0, 0.1) is 25.5 Å². The predicted molar refractivity (Wildman–Crippen MR) is 85.5 cm³/mol. The summed E-state index contributed by atoms with van der Waals surface area (Å²) in [4.78, 5) is 0. The number of rotatable bonds is 4. The van der Waals surface area contributed by atoms with E-state index in [2.05, 4.69) is 21.2 Å². The molecule has 0 aliphatic heterocycles. The predicted octanol–water partition coefficient (Wildman–Crippen LogP) is 5.04. The topological polar surface area (TPSA) is 12.0 Å². The van der Waals surface area contributed by atoms with E-state index in [9.17, 15) is 8.78 Å². The molecule has 2 rings (SSSR count). The molecule has 0 saturated carbocycles. The Morgan fingerprint density at radius 1 is 1.05 bits per heavy atom. The number of hydrogen-bond donors (Lipinski definition) is 1. The summed E-state index contributed by atoms with van der Waals surface area (Å²) in [7, 11) is 0. The maximum Gasteiger partial charge on any atom is 0.145 e. The van der Waals surface area contributed by atoms with Gasteiger partial charge >= 0.3 is 0 Å². The van der Waals surface area contributed by atoms with E-state index in [0.29, 0.717) is 6.54 Å². The maximum atomic E-state index is 14.5. The van der Waals surface area contributed by atoms with Crippen LogP contribution in [0.1, 0.15) is 35.2 Å². The van der Waals surface area contributed by atoms with Crippen molar-refractivity contribution in [2.75, 3.05) is 6.54 Å². The van der Waals surface area contributed by atoms with Crippen LogP contribution in [0.15, 0.2) is 34.8 Å². The van der Waals surface area contributed by atoms with Crippen LogP contribution in [0.4, 0.5) is 8.78 Å². The molecule has 0 aromatic heterocycles. The lowest BCUT2D eigenvalue weighted by atomic mass is 9.90. The molecule has 2 aromatic carbocycles. The van der Waals surface area contributed by atoms with Crippen molar-refractivity contribution in [1.82, 2.24) is 5.32 Å². The van der Waals surface area contributed by atoms with Gasteiger partial charge in [-0.2, -0.15) is 0 Å². The fraction of sp³-hybridized carbons (Fsp3) is 0.294. The van der Waals surface area contributed by atoms with Gasteiger partial charge in [-0.1, -0.05) is 25.1 Å². The normalized spacial score (nSPS) is 12.5. The van der Waals surface area contributed by atoms with Crippen LogP contribution < -0.4 is 5.32 Å². The lowest BCUT2D eigenvalue weighted by Gasteiger charge is -2.24. The number of benzene rings is 2. The van der Waals surface area contributed by atoms with Crippen LogP contribution >= 0.6 is 15.9 Å². The fourth-order valence-corrected chi connectivity index (χ4v) is 2.99. The number of aryl methyl sites for hydroxylation is 2. The van der Waals surface area contributed by atoms with E-state index in [-0.39, 0.29) is 10.0 Å². The van der Waals surface area contributed by atoms with E-state index < -0.39 is 17.7 Å². The summed E-state index contributed by atoms with van der Waals surface area (Å²) in [6.45, 7) is 6.46. The highest BCUT2D eigenvalue weighted by atomic mass is 79.9. The molecule has 4 heteroatoms. The molecule has 0 radical (unpaired) electrons. The molecule has 0 heterocycles. The molecular formula is C17H18BrF2N. The highest BCUT2D eigenvalue weighted by Gasteiger charge is 2.25. The molecule has 1 nitrogen and oxygen atoms in total. The van der Waals surface area contributed by atoms with E-state index >= 15 is 0 Å². The van der Waals surface area contributed by atoms with Gasteiger partial charge in [0.25, 0.3) is 0 Å². The van der Waals surface area contributed by atoms with Crippen molar-refractivity contribution in [2.45, 2.75) is 26.8 Å². The summed E-state index contributed by atoms with van der Waals surface area (Å²) in [5, 5.41) is 3.20. The van der Waals surface area contributed by atoms with Gasteiger partial charge in [-0.05, 0) is 65.1 Å². The minimum atomic E-state index is -0.552. The summed E-state index contributed by atoms with van der Waals surface area (Å²) in [6, 6.07) is 8.04. The zero-order valence-electron chi connectivity index (χ0n) is 12.3. The minimum Gasteiger partial charge on any atom is -0.306 e. The van der Waals surface area contributed by atoms with Gasteiger partial charge in [0.2, 0.25) is 0 Å². The lowest BCUT2D eigenvalue weighted by Crippen LogP contribution is -2.26. The third-order valence-corrected chi connectivity index (χ3v) is 4.22. The van der Waals surface area contributed by atoms with Gasteiger partial charge in [0, 0.05) is 5.56 Å². The summed E-state index contributed by atoms with van der Waals surface area (Å²) in [5.41, 5.74) is 3.01. The summed E-state index contributed by atoms with van der Waals surface area (Å²) < 4.78 is 29.0. The van der Waals surface area contributed by atoms with Crippen molar-refractivity contribution >= 4 is 15.9 Å². The lowest BCUT2D eigenvalue weighted by molar-refractivity contribution is 0.505. The first-order valence-electron chi connectivity index (χ1n) is 6.90. The van der Waals surface area contributed by atoms with Crippen molar-refractivity contribution in [3.05, 3.63) is 68.7 Å². The second kappa shape index (κ2) is 6.67. The highest BCUT2D eigenvalue weighted by Crippen LogP contribution is 2.33. The minimum absolute atomic E-state index is 0.0589. The van der Waals surface area contributed by atoms with E-state index in [1.165, 1.54) is 12.1 Å². The molecule has 0 fully saturated rings. The van der Waals surface area contributed by atoms with Gasteiger partial charge in [0.05, 0.1) is 10.5 Å². The second-order valence-corrected chi connectivity index (χ2v) is 5.91. The Balaban J connectivity index is 2.68. The third kappa shape index (κ3) is 3.16. The van der Waals surface area contributed by atoms with Crippen LogP contribution in [-0.2, 0) is 0 Å².